The maximum absolute atomic E-state index is 11.6. The van der Waals surface area contributed by atoms with Crippen molar-refractivity contribution in [3.05, 3.63) is 29.6 Å². The Bertz CT molecular complexity index is 459. The molecular formula is C11H13N3O3S. The van der Waals surface area contributed by atoms with E-state index in [9.17, 15) is 9.59 Å². The Morgan fingerprint density at radius 2 is 2.22 bits per heavy atom. The largest absolute Gasteiger partial charge is 0.469 e. The summed E-state index contributed by atoms with van der Waals surface area (Å²) in [6, 6.07) is 3.13. The van der Waals surface area contributed by atoms with Gasteiger partial charge in [0.15, 0.2) is 0 Å². The molecule has 6 nitrogen and oxygen atoms in total. The first kappa shape index (κ1) is 14.0. The lowest BCUT2D eigenvalue weighted by molar-refractivity contribution is -0.140. The lowest BCUT2D eigenvalue weighted by Crippen LogP contribution is -2.27. The maximum Gasteiger partial charge on any atom is 0.307 e. The Morgan fingerprint density at radius 1 is 1.50 bits per heavy atom. The van der Waals surface area contributed by atoms with Crippen LogP contribution in [0.15, 0.2) is 18.3 Å². The molecule has 0 saturated heterocycles. The van der Waals surface area contributed by atoms with Gasteiger partial charge in [-0.2, -0.15) is 0 Å². The number of amides is 1. The van der Waals surface area contributed by atoms with E-state index in [4.69, 9.17) is 18.0 Å². The van der Waals surface area contributed by atoms with Crippen LogP contribution in [-0.2, 0) is 9.53 Å². The summed E-state index contributed by atoms with van der Waals surface area (Å²) in [5, 5.41) is 2.55. The highest BCUT2D eigenvalue weighted by Crippen LogP contribution is 2.00. The molecule has 0 fully saturated rings. The maximum atomic E-state index is 11.6. The molecule has 1 heterocycles. The van der Waals surface area contributed by atoms with Gasteiger partial charge in [-0.1, -0.05) is 12.2 Å². The van der Waals surface area contributed by atoms with E-state index in [-0.39, 0.29) is 35.5 Å². The van der Waals surface area contributed by atoms with Gasteiger partial charge in [-0.15, -0.1) is 0 Å². The first-order chi connectivity index (χ1) is 8.54. The standard InChI is InChI=1S/C11H13N3O3S/c1-17-9(15)4-5-13-11(16)8-3-2-7(6-14-8)10(12)18/h2-3,6H,4-5H2,1H3,(H2,12,18)(H,13,16). The Labute approximate surface area is 110 Å². The van der Waals surface area contributed by atoms with Crippen LogP contribution in [-0.4, -0.2) is 35.5 Å². The van der Waals surface area contributed by atoms with Gasteiger partial charge < -0.3 is 15.8 Å². The smallest absolute Gasteiger partial charge is 0.307 e. The molecule has 1 aromatic heterocycles. The van der Waals surface area contributed by atoms with Crippen molar-refractivity contribution in [3.63, 3.8) is 0 Å². The van der Waals surface area contributed by atoms with Gasteiger partial charge in [0.1, 0.15) is 10.7 Å². The molecule has 7 heteroatoms. The quantitative estimate of drug-likeness (QED) is 0.576. The number of pyridine rings is 1. The number of aromatic nitrogens is 1. The highest BCUT2D eigenvalue weighted by molar-refractivity contribution is 7.80. The van der Waals surface area contributed by atoms with Gasteiger partial charge in [-0.05, 0) is 12.1 Å². The van der Waals surface area contributed by atoms with E-state index in [0.717, 1.165) is 0 Å². The highest BCUT2D eigenvalue weighted by Gasteiger charge is 2.08. The predicted molar refractivity (Wildman–Crippen MR) is 69.1 cm³/mol. The minimum Gasteiger partial charge on any atom is -0.469 e. The lowest BCUT2D eigenvalue weighted by Gasteiger charge is -2.04. The van der Waals surface area contributed by atoms with Crippen molar-refractivity contribution < 1.29 is 14.3 Å². The summed E-state index contributed by atoms with van der Waals surface area (Å²) in [6.45, 7) is 0.199. The number of thiocarbonyl (C=S) groups is 1. The monoisotopic (exact) mass is 267 g/mol. The van der Waals surface area contributed by atoms with Crippen LogP contribution < -0.4 is 11.1 Å². The minimum atomic E-state index is -0.382. The second kappa shape index (κ2) is 6.65. The van der Waals surface area contributed by atoms with E-state index in [2.05, 4.69) is 15.0 Å². The fourth-order valence-corrected chi connectivity index (χ4v) is 1.27. The second-order valence-electron chi connectivity index (χ2n) is 3.38. The van der Waals surface area contributed by atoms with Crippen LogP contribution in [0.5, 0.6) is 0 Å². The molecule has 1 amide bonds. The molecular weight excluding hydrogens is 254 g/mol. The highest BCUT2D eigenvalue weighted by atomic mass is 32.1. The number of hydrogen-bond acceptors (Lipinski definition) is 5. The molecule has 0 atom stereocenters. The van der Waals surface area contributed by atoms with Crippen LogP contribution in [0.3, 0.4) is 0 Å². The van der Waals surface area contributed by atoms with Gasteiger partial charge >= 0.3 is 5.97 Å². The zero-order chi connectivity index (χ0) is 13.5. The molecule has 18 heavy (non-hydrogen) atoms. The summed E-state index contributed by atoms with van der Waals surface area (Å²) in [6.07, 6.45) is 1.55. The van der Waals surface area contributed by atoms with Crippen molar-refractivity contribution in [2.45, 2.75) is 6.42 Å². The fraction of sp³-hybridized carbons (Fsp3) is 0.273. The molecule has 0 aromatic carbocycles. The van der Waals surface area contributed by atoms with E-state index in [1.54, 1.807) is 6.07 Å². The SMILES string of the molecule is COC(=O)CCNC(=O)c1ccc(C(N)=S)cn1. The van der Waals surface area contributed by atoms with Crippen molar-refractivity contribution in [1.82, 2.24) is 10.3 Å². The summed E-state index contributed by atoms with van der Waals surface area (Å²) in [4.78, 5) is 26.6. The number of methoxy groups -OCH3 is 1. The summed E-state index contributed by atoms with van der Waals surface area (Å²) in [5.41, 5.74) is 6.24. The molecule has 1 rings (SSSR count). The van der Waals surface area contributed by atoms with Gasteiger partial charge in [-0.25, -0.2) is 0 Å². The number of carbonyl (C=O) groups excluding carboxylic acids is 2. The molecule has 0 aliphatic carbocycles. The van der Waals surface area contributed by atoms with Gasteiger partial charge in [0, 0.05) is 18.3 Å². The molecule has 1 aromatic rings. The summed E-state index contributed by atoms with van der Waals surface area (Å²) < 4.78 is 4.45. The van der Waals surface area contributed by atoms with Crippen molar-refractivity contribution in [3.8, 4) is 0 Å². The first-order valence-corrected chi connectivity index (χ1v) is 5.56. The molecule has 0 bridgehead atoms. The number of ether oxygens (including phenoxy) is 1. The molecule has 0 radical (unpaired) electrons. The number of esters is 1. The Hall–Kier alpha value is -2.02. The van der Waals surface area contributed by atoms with Crippen LogP contribution in [0.1, 0.15) is 22.5 Å². The third-order valence-corrected chi connectivity index (χ3v) is 2.36. The molecule has 0 spiro atoms. The van der Waals surface area contributed by atoms with Crippen LogP contribution >= 0.6 is 12.2 Å². The van der Waals surface area contributed by atoms with Gasteiger partial charge in [-0.3, -0.25) is 14.6 Å². The topological polar surface area (TPSA) is 94.3 Å². The predicted octanol–water partition coefficient (Wildman–Crippen LogP) is 0.00870. The third-order valence-electron chi connectivity index (χ3n) is 2.12. The molecule has 0 saturated carbocycles. The number of nitrogens with two attached hydrogens (primary N) is 1. The Kier molecular flexibility index (Phi) is 5.19. The van der Waals surface area contributed by atoms with Crippen molar-refractivity contribution >= 4 is 29.1 Å². The third kappa shape index (κ3) is 4.10. The normalized spacial score (nSPS) is 9.61. The number of rotatable bonds is 5. The minimum absolute atomic E-state index is 0.118. The zero-order valence-electron chi connectivity index (χ0n) is 9.80. The fourth-order valence-electron chi connectivity index (χ4n) is 1.14. The van der Waals surface area contributed by atoms with E-state index in [1.807, 2.05) is 0 Å². The van der Waals surface area contributed by atoms with Gasteiger partial charge in [0.2, 0.25) is 0 Å². The molecule has 3 N–H and O–H groups in total. The first-order valence-electron chi connectivity index (χ1n) is 5.15. The summed E-state index contributed by atoms with van der Waals surface area (Å²) in [5.74, 6) is -0.750. The molecule has 96 valence electrons. The van der Waals surface area contributed by atoms with Crippen molar-refractivity contribution in [1.29, 1.82) is 0 Å². The number of hydrogen-bond donors (Lipinski definition) is 2. The van der Waals surface area contributed by atoms with Crippen LogP contribution in [0.2, 0.25) is 0 Å². The van der Waals surface area contributed by atoms with Crippen LogP contribution in [0.25, 0.3) is 0 Å². The Balaban J connectivity index is 2.51. The van der Waals surface area contributed by atoms with Crippen molar-refractivity contribution in [2.75, 3.05) is 13.7 Å². The lowest BCUT2D eigenvalue weighted by atomic mass is 10.2. The van der Waals surface area contributed by atoms with Gasteiger partial charge in [0.05, 0.1) is 13.5 Å². The Morgan fingerprint density at radius 3 is 2.72 bits per heavy atom. The van der Waals surface area contributed by atoms with E-state index < -0.39 is 0 Å². The zero-order valence-corrected chi connectivity index (χ0v) is 10.6. The number of nitrogens with zero attached hydrogens (tertiary/aromatic N) is 1. The van der Waals surface area contributed by atoms with Crippen LogP contribution in [0.4, 0.5) is 0 Å². The average Bonchev–Trinajstić information content (AvgIpc) is 2.38. The van der Waals surface area contributed by atoms with E-state index >= 15 is 0 Å². The average molecular weight is 267 g/mol. The molecule has 0 unspecified atom stereocenters. The van der Waals surface area contributed by atoms with Crippen molar-refractivity contribution in [2.24, 2.45) is 5.73 Å². The summed E-state index contributed by atoms with van der Waals surface area (Å²) in [7, 11) is 1.29. The van der Waals surface area contributed by atoms with E-state index in [0.29, 0.717) is 5.56 Å². The molecule has 0 aliphatic heterocycles. The second-order valence-corrected chi connectivity index (χ2v) is 3.82. The summed E-state index contributed by atoms with van der Waals surface area (Å²) >= 11 is 4.77. The van der Waals surface area contributed by atoms with E-state index in [1.165, 1.54) is 19.4 Å². The number of carbonyl (C=O) groups is 2. The van der Waals surface area contributed by atoms with Gasteiger partial charge in [0.25, 0.3) is 5.91 Å². The number of nitrogens with one attached hydrogen (secondary N) is 1. The van der Waals surface area contributed by atoms with Crippen LogP contribution in [0, 0.1) is 0 Å². The molecule has 0 aliphatic rings.